The summed E-state index contributed by atoms with van der Waals surface area (Å²) in [6.07, 6.45) is 0. The largest absolute Gasteiger partial charge is 0.424 e. The van der Waals surface area contributed by atoms with Crippen LogP contribution in [0.2, 0.25) is 0 Å². The van der Waals surface area contributed by atoms with Gasteiger partial charge in [-0.15, -0.1) is 10.2 Å². The number of rotatable bonds is 5. The number of carbonyl (C=O) groups is 2. The Balaban J connectivity index is 1.41. The first kappa shape index (κ1) is 17.1. The third kappa shape index (κ3) is 4.63. The van der Waals surface area contributed by atoms with Gasteiger partial charge in [0.2, 0.25) is 17.7 Å². The van der Waals surface area contributed by atoms with Gasteiger partial charge in [-0.2, -0.15) is 0 Å². The predicted octanol–water partition coefficient (Wildman–Crippen LogP) is 0.452. The first-order valence-corrected chi connectivity index (χ1v) is 8.24. The molecule has 1 aromatic carbocycles. The molecule has 0 radical (unpaired) electrons. The highest BCUT2D eigenvalue weighted by Crippen LogP contribution is 2.08. The molecule has 0 spiro atoms. The standard InChI is InChI=1S/C17H21N5O3/c1-13-19-20-15(25-13)12-21-7-9-22(10-8-21)16(23)11-18-17(24)14-5-3-2-4-6-14/h2-6H,7-12H2,1H3,(H,18,24). The Kier molecular flexibility index (Phi) is 5.39. The van der Waals surface area contributed by atoms with Crippen LogP contribution in [0.15, 0.2) is 34.7 Å². The topological polar surface area (TPSA) is 91.6 Å². The zero-order valence-corrected chi connectivity index (χ0v) is 14.1. The number of piperazine rings is 1. The second kappa shape index (κ2) is 7.89. The molecule has 132 valence electrons. The van der Waals surface area contributed by atoms with E-state index in [4.69, 9.17) is 4.42 Å². The van der Waals surface area contributed by atoms with Crippen molar-refractivity contribution in [2.75, 3.05) is 32.7 Å². The fourth-order valence-corrected chi connectivity index (χ4v) is 2.71. The zero-order valence-electron chi connectivity index (χ0n) is 14.1. The van der Waals surface area contributed by atoms with Crippen LogP contribution in [-0.2, 0) is 11.3 Å². The summed E-state index contributed by atoms with van der Waals surface area (Å²) >= 11 is 0. The van der Waals surface area contributed by atoms with Crippen molar-refractivity contribution in [1.82, 2.24) is 25.3 Å². The quantitative estimate of drug-likeness (QED) is 0.848. The Labute approximate surface area is 145 Å². The maximum Gasteiger partial charge on any atom is 0.251 e. The molecule has 0 unspecified atom stereocenters. The molecule has 0 saturated carbocycles. The van der Waals surface area contributed by atoms with Crippen LogP contribution in [0.3, 0.4) is 0 Å². The van der Waals surface area contributed by atoms with Crippen LogP contribution < -0.4 is 5.32 Å². The van der Waals surface area contributed by atoms with Crippen LogP contribution in [0.4, 0.5) is 0 Å². The fraction of sp³-hybridized carbons (Fsp3) is 0.412. The molecule has 3 rings (SSSR count). The van der Waals surface area contributed by atoms with E-state index in [9.17, 15) is 9.59 Å². The molecule has 25 heavy (non-hydrogen) atoms. The first-order valence-electron chi connectivity index (χ1n) is 8.24. The van der Waals surface area contributed by atoms with E-state index in [1.165, 1.54) is 0 Å². The Morgan fingerprint density at radius 3 is 2.48 bits per heavy atom. The summed E-state index contributed by atoms with van der Waals surface area (Å²) in [6.45, 7) is 5.07. The molecule has 1 N–H and O–H groups in total. The van der Waals surface area contributed by atoms with E-state index in [-0.39, 0.29) is 18.4 Å². The molecule has 0 atom stereocenters. The lowest BCUT2D eigenvalue weighted by Crippen LogP contribution is -2.50. The van der Waals surface area contributed by atoms with Gasteiger partial charge in [0, 0.05) is 38.7 Å². The van der Waals surface area contributed by atoms with Gasteiger partial charge in [-0.25, -0.2) is 0 Å². The minimum absolute atomic E-state index is 0.0105. The van der Waals surface area contributed by atoms with E-state index in [1.54, 1.807) is 36.1 Å². The van der Waals surface area contributed by atoms with Gasteiger partial charge in [0.1, 0.15) is 0 Å². The molecule has 8 nitrogen and oxygen atoms in total. The molecule has 1 aromatic heterocycles. The van der Waals surface area contributed by atoms with Crippen molar-refractivity contribution in [3.05, 3.63) is 47.7 Å². The van der Waals surface area contributed by atoms with Crippen molar-refractivity contribution in [3.8, 4) is 0 Å². The number of hydrogen-bond acceptors (Lipinski definition) is 6. The SMILES string of the molecule is Cc1nnc(CN2CCN(C(=O)CNC(=O)c3ccccc3)CC2)o1. The normalized spacial score (nSPS) is 15.2. The van der Waals surface area contributed by atoms with E-state index in [0.717, 1.165) is 13.1 Å². The number of nitrogens with one attached hydrogen (secondary N) is 1. The zero-order chi connectivity index (χ0) is 17.6. The van der Waals surface area contributed by atoms with Crippen molar-refractivity contribution >= 4 is 11.8 Å². The maximum absolute atomic E-state index is 12.3. The van der Waals surface area contributed by atoms with Crippen molar-refractivity contribution in [2.24, 2.45) is 0 Å². The van der Waals surface area contributed by atoms with Crippen molar-refractivity contribution in [3.63, 3.8) is 0 Å². The molecule has 8 heteroatoms. The molecular formula is C17H21N5O3. The second-order valence-corrected chi connectivity index (χ2v) is 5.92. The number of hydrogen-bond donors (Lipinski definition) is 1. The van der Waals surface area contributed by atoms with E-state index in [1.807, 2.05) is 6.07 Å². The van der Waals surface area contributed by atoms with Gasteiger partial charge in [0.15, 0.2) is 0 Å². The summed E-state index contributed by atoms with van der Waals surface area (Å²) in [5.41, 5.74) is 0.551. The highest BCUT2D eigenvalue weighted by Gasteiger charge is 2.22. The smallest absolute Gasteiger partial charge is 0.251 e. The highest BCUT2D eigenvalue weighted by molar-refractivity contribution is 5.96. The van der Waals surface area contributed by atoms with Gasteiger partial charge in [-0.3, -0.25) is 14.5 Å². The van der Waals surface area contributed by atoms with Gasteiger partial charge in [0.05, 0.1) is 13.1 Å². The molecule has 1 aliphatic heterocycles. The predicted molar refractivity (Wildman–Crippen MR) is 89.7 cm³/mol. The maximum atomic E-state index is 12.3. The lowest BCUT2D eigenvalue weighted by atomic mass is 10.2. The number of aryl methyl sites for hydroxylation is 1. The number of carbonyl (C=O) groups excluding carboxylic acids is 2. The van der Waals surface area contributed by atoms with Gasteiger partial charge in [-0.05, 0) is 12.1 Å². The van der Waals surface area contributed by atoms with Gasteiger partial charge in [0.25, 0.3) is 5.91 Å². The van der Waals surface area contributed by atoms with E-state index >= 15 is 0 Å². The molecule has 0 bridgehead atoms. The van der Waals surface area contributed by atoms with Gasteiger partial charge >= 0.3 is 0 Å². The molecule has 0 aliphatic carbocycles. The summed E-state index contributed by atoms with van der Waals surface area (Å²) in [7, 11) is 0. The summed E-state index contributed by atoms with van der Waals surface area (Å²) in [5, 5.41) is 10.5. The summed E-state index contributed by atoms with van der Waals surface area (Å²) in [6, 6.07) is 8.87. The van der Waals surface area contributed by atoms with Crippen LogP contribution >= 0.6 is 0 Å². The van der Waals surface area contributed by atoms with E-state index in [0.29, 0.717) is 37.0 Å². The van der Waals surface area contributed by atoms with Crippen LogP contribution in [0, 0.1) is 6.92 Å². The minimum atomic E-state index is -0.237. The van der Waals surface area contributed by atoms with Crippen LogP contribution in [0.1, 0.15) is 22.1 Å². The highest BCUT2D eigenvalue weighted by atomic mass is 16.4. The molecule has 1 aliphatic rings. The first-order chi connectivity index (χ1) is 12.1. The summed E-state index contributed by atoms with van der Waals surface area (Å²) < 4.78 is 5.38. The Hall–Kier alpha value is -2.74. The van der Waals surface area contributed by atoms with Gasteiger partial charge < -0.3 is 14.6 Å². The summed E-state index contributed by atoms with van der Waals surface area (Å²) in [4.78, 5) is 28.2. The molecule has 2 heterocycles. The molecule has 2 amide bonds. The average Bonchev–Trinajstić information content (AvgIpc) is 3.05. The van der Waals surface area contributed by atoms with Crippen molar-refractivity contribution < 1.29 is 14.0 Å². The van der Waals surface area contributed by atoms with Gasteiger partial charge in [-0.1, -0.05) is 18.2 Å². The van der Waals surface area contributed by atoms with E-state index in [2.05, 4.69) is 20.4 Å². The second-order valence-electron chi connectivity index (χ2n) is 5.92. The monoisotopic (exact) mass is 343 g/mol. The van der Waals surface area contributed by atoms with E-state index < -0.39 is 0 Å². The van der Waals surface area contributed by atoms with Crippen molar-refractivity contribution in [1.29, 1.82) is 0 Å². The Morgan fingerprint density at radius 2 is 1.84 bits per heavy atom. The minimum Gasteiger partial charge on any atom is -0.424 e. The molecule has 2 aromatic rings. The third-order valence-corrected chi connectivity index (χ3v) is 4.09. The number of nitrogens with zero attached hydrogens (tertiary/aromatic N) is 4. The lowest BCUT2D eigenvalue weighted by Gasteiger charge is -2.34. The lowest BCUT2D eigenvalue weighted by molar-refractivity contribution is -0.131. The Morgan fingerprint density at radius 1 is 1.12 bits per heavy atom. The molecular weight excluding hydrogens is 322 g/mol. The third-order valence-electron chi connectivity index (χ3n) is 4.09. The molecule has 1 saturated heterocycles. The van der Waals surface area contributed by atoms with Crippen LogP contribution in [0.25, 0.3) is 0 Å². The number of amides is 2. The summed E-state index contributed by atoms with van der Waals surface area (Å²) in [5.74, 6) is 0.835. The fourth-order valence-electron chi connectivity index (χ4n) is 2.71. The molecule has 1 fully saturated rings. The number of aromatic nitrogens is 2. The average molecular weight is 343 g/mol. The number of benzene rings is 1. The van der Waals surface area contributed by atoms with Crippen LogP contribution in [-0.4, -0.2) is 64.5 Å². The Bertz CT molecular complexity index is 723. The van der Waals surface area contributed by atoms with Crippen LogP contribution in [0.5, 0.6) is 0 Å². The van der Waals surface area contributed by atoms with Crippen molar-refractivity contribution in [2.45, 2.75) is 13.5 Å².